The van der Waals surface area contributed by atoms with Gasteiger partial charge >= 0.3 is 0 Å². The molecule has 1 heterocycles. The average Bonchev–Trinajstić information content (AvgIpc) is 2.99. The molecular formula is C12H21N3O. The van der Waals surface area contributed by atoms with E-state index in [0.717, 1.165) is 18.4 Å². The zero-order chi connectivity index (χ0) is 11.4. The molecule has 0 aromatic carbocycles. The minimum atomic E-state index is -0.355. The molecule has 0 aliphatic heterocycles. The van der Waals surface area contributed by atoms with Gasteiger partial charge in [0.15, 0.2) is 0 Å². The van der Waals surface area contributed by atoms with Crippen molar-refractivity contribution in [2.75, 3.05) is 13.1 Å². The van der Waals surface area contributed by atoms with Crippen LogP contribution in [0.3, 0.4) is 0 Å². The van der Waals surface area contributed by atoms with Gasteiger partial charge in [-0.15, -0.1) is 0 Å². The molecule has 1 aromatic heterocycles. The third-order valence-corrected chi connectivity index (χ3v) is 3.23. The van der Waals surface area contributed by atoms with Crippen molar-refractivity contribution in [3.05, 3.63) is 18.5 Å². The average molecular weight is 223 g/mol. The van der Waals surface area contributed by atoms with E-state index in [0.29, 0.717) is 13.1 Å². The van der Waals surface area contributed by atoms with Crippen molar-refractivity contribution in [1.82, 2.24) is 15.1 Å². The van der Waals surface area contributed by atoms with E-state index < -0.39 is 0 Å². The van der Waals surface area contributed by atoms with E-state index >= 15 is 0 Å². The maximum atomic E-state index is 9.76. The Morgan fingerprint density at radius 3 is 2.94 bits per heavy atom. The third-order valence-electron chi connectivity index (χ3n) is 3.23. The summed E-state index contributed by atoms with van der Waals surface area (Å²) in [5.74, 6) is 1.67. The summed E-state index contributed by atoms with van der Waals surface area (Å²) in [6, 6.07) is 1.87. The number of aliphatic hydroxyl groups is 1. The van der Waals surface area contributed by atoms with E-state index in [2.05, 4.69) is 17.3 Å². The van der Waals surface area contributed by atoms with Gasteiger partial charge in [0.1, 0.15) is 0 Å². The SMILES string of the molecule is CC(CNCC(O)Cn1cccn1)C1CC1. The second kappa shape index (κ2) is 5.46. The molecule has 2 unspecified atom stereocenters. The predicted molar refractivity (Wildman–Crippen MR) is 63.0 cm³/mol. The number of nitrogens with zero attached hydrogens (tertiary/aromatic N) is 2. The molecule has 0 bridgehead atoms. The summed E-state index contributed by atoms with van der Waals surface area (Å²) < 4.78 is 1.76. The number of rotatable bonds is 7. The van der Waals surface area contributed by atoms with E-state index in [1.54, 1.807) is 10.9 Å². The highest BCUT2D eigenvalue weighted by Crippen LogP contribution is 2.35. The number of aromatic nitrogens is 2. The lowest BCUT2D eigenvalue weighted by molar-refractivity contribution is 0.145. The van der Waals surface area contributed by atoms with Crippen LogP contribution in [0.2, 0.25) is 0 Å². The second-order valence-electron chi connectivity index (χ2n) is 4.85. The molecule has 2 N–H and O–H groups in total. The first-order valence-corrected chi connectivity index (χ1v) is 6.12. The van der Waals surface area contributed by atoms with Crippen LogP contribution in [0.15, 0.2) is 18.5 Å². The fourth-order valence-electron chi connectivity index (χ4n) is 2.00. The lowest BCUT2D eigenvalue weighted by Gasteiger charge is -2.15. The minimum absolute atomic E-state index is 0.355. The van der Waals surface area contributed by atoms with Crippen LogP contribution in [0, 0.1) is 11.8 Å². The van der Waals surface area contributed by atoms with Crippen molar-refractivity contribution < 1.29 is 5.11 Å². The standard InChI is InChI=1S/C12H21N3O/c1-10(11-3-4-11)7-13-8-12(16)9-15-6-2-5-14-15/h2,5-6,10-13,16H,3-4,7-9H2,1H3. The smallest absolute Gasteiger partial charge is 0.0860 e. The molecule has 2 atom stereocenters. The summed E-state index contributed by atoms with van der Waals surface area (Å²) in [6.45, 7) is 4.51. The van der Waals surface area contributed by atoms with Crippen LogP contribution in [0.5, 0.6) is 0 Å². The highest BCUT2D eigenvalue weighted by atomic mass is 16.3. The fourth-order valence-corrected chi connectivity index (χ4v) is 2.00. The molecule has 16 heavy (non-hydrogen) atoms. The van der Waals surface area contributed by atoms with Crippen LogP contribution >= 0.6 is 0 Å². The summed E-state index contributed by atoms with van der Waals surface area (Å²) in [5, 5.41) is 17.2. The topological polar surface area (TPSA) is 50.1 Å². The van der Waals surface area contributed by atoms with Crippen molar-refractivity contribution in [2.45, 2.75) is 32.4 Å². The Morgan fingerprint density at radius 1 is 1.50 bits per heavy atom. The molecule has 1 fully saturated rings. The number of aliphatic hydroxyl groups excluding tert-OH is 1. The van der Waals surface area contributed by atoms with Gasteiger partial charge in [-0.25, -0.2) is 0 Å². The summed E-state index contributed by atoms with van der Waals surface area (Å²) in [7, 11) is 0. The van der Waals surface area contributed by atoms with Gasteiger partial charge in [0.25, 0.3) is 0 Å². The third kappa shape index (κ3) is 3.61. The van der Waals surface area contributed by atoms with E-state index in [1.807, 2.05) is 12.3 Å². The molecule has 0 amide bonds. The highest BCUT2D eigenvalue weighted by molar-refractivity contribution is 4.81. The lowest BCUT2D eigenvalue weighted by atomic mass is 10.1. The van der Waals surface area contributed by atoms with Gasteiger partial charge < -0.3 is 10.4 Å². The zero-order valence-electron chi connectivity index (χ0n) is 9.84. The Morgan fingerprint density at radius 2 is 2.31 bits per heavy atom. The minimum Gasteiger partial charge on any atom is -0.390 e. The fraction of sp³-hybridized carbons (Fsp3) is 0.750. The van der Waals surface area contributed by atoms with Crippen molar-refractivity contribution in [1.29, 1.82) is 0 Å². The van der Waals surface area contributed by atoms with Crippen molar-refractivity contribution in [3.63, 3.8) is 0 Å². The van der Waals surface area contributed by atoms with Crippen LogP contribution in [-0.2, 0) is 6.54 Å². The Balaban J connectivity index is 1.58. The van der Waals surface area contributed by atoms with Crippen molar-refractivity contribution in [3.8, 4) is 0 Å². The molecule has 1 aliphatic rings. The van der Waals surface area contributed by atoms with E-state index in [-0.39, 0.29) is 6.10 Å². The molecule has 0 spiro atoms. The Kier molecular flexibility index (Phi) is 3.96. The Bertz CT molecular complexity index is 295. The van der Waals surface area contributed by atoms with Crippen molar-refractivity contribution in [2.24, 2.45) is 11.8 Å². The van der Waals surface area contributed by atoms with Gasteiger partial charge in [0, 0.05) is 18.9 Å². The zero-order valence-corrected chi connectivity index (χ0v) is 9.84. The Hall–Kier alpha value is -0.870. The quantitative estimate of drug-likeness (QED) is 0.721. The van der Waals surface area contributed by atoms with Crippen LogP contribution in [0.25, 0.3) is 0 Å². The normalized spacial score (nSPS) is 19.6. The monoisotopic (exact) mass is 223 g/mol. The van der Waals surface area contributed by atoms with Crippen LogP contribution < -0.4 is 5.32 Å². The van der Waals surface area contributed by atoms with Crippen LogP contribution in [0.4, 0.5) is 0 Å². The van der Waals surface area contributed by atoms with Gasteiger partial charge in [-0.3, -0.25) is 4.68 Å². The summed E-state index contributed by atoms with van der Waals surface area (Å²) >= 11 is 0. The van der Waals surface area contributed by atoms with E-state index in [1.165, 1.54) is 12.8 Å². The highest BCUT2D eigenvalue weighted by Gasteiger charge is 2.27. The molecule has 4 heteroatoms. The number of hydrogen-bond acceptors (Lipinski definition) is 3. The molecule has 90 valence electrons. The van der Waals surface area contributed by atoms with Crippen LogP contribution in [0.1, 0.15) is 19.8 Å². The summed E-state index contributed by atoms with van der Waals surface area (Å²) in [5.41, 5.74) is 0. The van der Waals surface area contributed by atoms with E-state index in [4.69, 9.17) is 0 Å². The van der Waals surface area contributed by atoms with E-state index in [9.17, 15) is 5.11 Å². The molecule has 0 saturated heterocycles. The van der Waals surface area contributed by atoms with Gasteiger partial charge in [-0.05, 0) is 37.3 Å². The first-order chi connectivity index (χ1) is 7.75. The van der Waals surface area contributed by atoms with Crippen molar-refractivity contribution >= 4 is 0 Å². The summed E-state index contributed by atoms with van der Waals surface area (Å²) in [4.78, 5) is 0. The first-order valence-electron chi connectivity index (χ1n) is 6.12. The maximum Gasteiger partial charge on any atom is 0.0860 e. The molecule has 2 rings (SSSR count). The maximum absolute atomic E-state index is 9.76. The summed E-state index contributed by atoms with van der Waals surface area (Å²) in [6.07, 6.45) is 6.02. The predicted octanol–water partition coefficient (Wildman–Crippen LogP) is 0.880. The van der Waals surface area contributed by atoms with Gasteiger partial charge in [0.05, 0.1) is 12.6 Å². The molecule has 1 aromatic rings. The second-order valence-corrected chi connectivity index (χ2v) is 4.85. The largest absolute Gasteiger partial charge is 0.390 e. The first kappa shape index (κ1) is 11.6. The van der Waals surface area contributed by atoms with Gasteiger partial charge in [-0.2, -0.15) is 5.10 Å². The molecule has 1 aliphatic carbocycles. The molecule has 1 saturated carbocycles. The molecular weight excluding hydrogens is 202 g/mol. The van der Waals surface area contributed by atoms with Gasteiger partial charge in [-0.1, -0.05) is 6.92 Å². The number of hydrogen-bond donors (Lipinski definition) is 2. The lowest BCUT2D eigenvalue weighted by Crippen LogP contribution is -2.33. The Labute approximate surface area is 96.7 Å². The molecule has 4 nitrogen and oxygen atoms in total. The molecule has 0 radical (unpaired) electrons. The number of nitrogens with one attached hydrogen (secondary N) is 1. The van der Waals surface area contributed by atoms with Crippen LogP contribution in [-0.4, -0.2) is 34.1 Å². The van der Waals surface area contributed by atoms with Gasteiger partial charge in [0.2, 0.25) is 0 Å².